The van der Waals surface area contributed by atoms with Gasteiger partial charge in [-0.3, -0.25) is 0 Å². The molecule has 2 fully saturated rings. The Balaban J connectivity index is 1.87. The molecule has 1 atom stereocenters. The fourth-order valence-electron chi connectivity index (χ4n) is 2.82. The molecule has 0 aliphatic carbocycles. The minimum absolute atomic E-state index is 0.00479. The molecule has 2 aliphatic rings. The predicted octanol–water partition coefficient (Wildman–Crippen LogP) is 2.38. The standard InChI is InChI=1S/C17H25BO4/c1-12-8-13(15-11-19-6-7-20-15)10-14(9-12)18-21-16(2,3)17(4,5)22-18/h8-10,15H,6-7,11H2,1-5H3. The number of hydrogen-bond acceptors (Lipinski definition) is 4. The molecule has 4 nitrogen and oxygen atoms in total. The molecule has 0 amide bonds. The van der Waals surface area contributed by atoms with Crippen molar-refractivity contribution in [3.63, 3.8) is 0 Å². The minimum Gasteiger partial charge on any atom is -0.399 e. The van der Waals surface area contributed by atoms with Crippen LogP contribution in [0.2, 0.25) is 0 Å². The van der Waals surface area contributed by atoms with Gasteiger partial charge in [0.25, 0.3) is 0 Å². The topological polar surface area (TPSA) is 36.9 Å². The first kappa shape index (κ1) is 16.0. The van der Waals surface area contributed by atoms with E-state index in [9.17, 15) is 0 Å². The van der Waals surface area contributed by atoms with Crippen molar-refractivity contribution in [2.45, 2.75) is 51.9 Å². The van der Waals surface area contributed by atoms with Crippen LogP contribution in [0.5, 0.6) is 0 Å². The summed E-state index contributed by atoms with van der Waals surface area (Å²) in [5.74, 6) is 0. The van der Waals surface area contributed by atoms with E-state index in [0.717, 1.165) is 11.0 Å². The molecule has 0 aromatic heterocycles. The Morgan fingerprint density at radius 3 is 2.27 bits per heavy atom. The van der Waals surface area contributed by atoms with Crippen LogP contribution in [0.4, 0.5) is 0 Å². The third-order valence-corrected chi connectivity index (χ3v) is 4.84. The van der Waals surface area contributed by atoms with Crippen LogP contribution in [-0.2, 0) is 18.8 Å². The molecular formula is C17H25BO4. The van der Waals surface area contributed by atoms with Crippen LogP contribution in [0, 0.1) is 6.92 Å². The fraction of sp³-hybridized carbons (Fsp3) is 0.647. The molecule has 2 saturated heterocycles. The molecule has 0 saturated carbocycles. The van der Waals surface area contributed by atoms with Crippen molar-refractivity contribution >= 4 is 12.6 Å². The molecular weight excluding hydrogens is 279 g/mol. The Hall–Kier alpha value is -0.875. The van der Waals surface area contributed by atoms with Crippen molar-refractivity contribution in [2.75, 3.05) is 19.8 Å². The number of aryl methyl sites for hydroxylation is 1. The van der Waals surface area contributed by atoms with Crippen molar-refractivity contribution < 1.29 is 18.8 Å². The zero-order chi connectivity index (χ0) is 16.0. The summed E-state index contributed by atoms with van der Waals surface area (Å²) >= 11 is 0. The molecule has 0 spiro atoms. The van der Waals surface area contributed by atoms with E-state index in [-0.39, 0.29) is 24.4 Å². The highest BCUT2D eigenvalue weighted by molar-refractivity contribution is 6.62. The second kappa shape index (κ2) is 5.64. The third kappa shape index (κ3) is 2.95. The summed E-state index contributed by atoms with van der Waals surface area (Å²) in [6.07, 6.45) is -0.00479. The summed E-state index contributed by atoms with van der Waals surface area (Å²) in [6.45, 7) is 12.3. The number of hydrogen-bond donors (Lipinski definition) is 0. The molecule has 0 radical (unpaired) electrons. The highest BCUT2D eigenvalue weighted by Crippen LogP contribution is 2.36. The molecule has 1 unspecified atom stereocenters. The zero-order valence-electron chi connectivity index (χ0n) is 14.1. The van der Waals surface area contributed by atoms with Crippen molar-refractivity contribution in [2.24, 2.45) is 0 Å². The van der Waals surface area contributed by atoms with Crippen molar-refractivity contribution in [1.82, 2.24) is 0 Å². The van der Waals surface area contributed by atoms with Gasteiger partial charge >= 0.3 is 7.12 Å². The Morgan fingerprint density at radius 1 is 1.00 bits per heavy atom. The predicted molar refractivity (Wildman–Crippen MR) is 86.4 cm³/mol. The van der Waals surface area contributed by atoms with E-state index in [4.69, 9.17) is 18.8 Å². The van der Waals surface area contributed by atoms with Gasteiger partial charge < -0.3 is 18.8 Å². The lowest BCUT2D eigenvalue weighted by atomic mass is 9.77. The summed E-state index contributed by atoms with van der Waals surface area (Å²) in [5.41, 5.74) is 2.70. The molecule has 1 aromatic carbocycles. The Bertz CT molecular complexity index is 534. The van der Waals surface area contributed by atoms with Crippen LogP contribution >= 0.6 is 0 Å². The first-order chi connectivity index (χ1) is 10.3. The SMILES string of the molecule is Cc1cc(B2OC(C)(C)C(C)(C)O2)cc(C2COCCO2)c1. The largest absolute Gasteiger partial charge is 0.494 e. The van der Waals surface area contributed by atoms with E-state index in [1.165, 1.54) is 5.56 Å². The lowest BCUT2D eigenvalue weighted by molar-refractivity contribution is -0.0901. The van der Waals surface area contributed by atoms with Crippen molar-refractivity contribution in [1.29, 1.82) is 0 Å². The van der Waals surface area contributed by atoms with Gasteiger partial charge in [0.2, 0.25) is 0 Å². The summed E-state index contributed by atoms with van der Waals surface area (Å²) in [4.78, 5) is 0. The van der Waals surface area contributed by atoms with E-state index in [1.807, 2.05) is 0 Å². The average molecular weight is 304 g/mol. The smallest absolute Gasteiger partial charge is 0.399 e. The number of ether oxygens (including phenoxy) is 2. The van der Waals surface area contributed by atoms with E-state index < -0.39 is 0 Å². The van der Waals surface area contributed by atoms with Crippen LogP contribution in [0.1, 0.15) is 44.9 Å². The number of benzene rings is 1. The monoisotopic (exact) mass is 304 g/mol. The first-order valence-electron chi connectivity index (χ1n) is 7.95. The van der Waals surface area contributed by atoms with E-state index in [1.54, 1.807) is 0 Å². The van der Waals surface area contributed by atoms with E-state index >= 15 is 0 Å². The molecule has 0 N–H and O–H groups in total. The van der Waals surface area contributed by atoms with Crippen LogP contribution in [0.25, 0.3) is 0 Å². The lowest BCUT2D eigenvalue weighted by Gasteiger charge is -2.32. The minimum atomic E-state index is -0.340. The Kier molecular flexibility index (Phi) is 4.10. The van der Waals surface area contributed by atoms with Gasteiger partial charge in [0.1, 0.15) is 6.10 Å². The van der Waals surface area contributed by atoms with Crippen molar-refractivity contribution in [3.05, 3.63) is 29.3 Å². The summed E-state index contributed by atoms with van der Waals surface area (Å²) in [6, 6.07) is 6.39. The van der Waals surface area contributed by atoms with E-state index in [0.29, 0.717) is 19.8 Å². The maximum absolute atomic E-state index is 6.15. The molecule has 0 bridgehead atoms. The molecule has 2 heterocycles. The summed E-state index contributed by atoms with van der Waals surface area (Å²) in [7, 11) is -0.340. The molecule has 22 heavy (non-hydrogen) atoms. The highest BCUT2D eigenvalue weighted by atomic mass is 16.7. The first-order valence-corrected chi connectivity index (χ1v) is 7.95. The Morgan fingerprint density at radius 2 is 1.68 bits per heavy atom. The normalized spacial score (nSPS) is 27.1. The van der Waals surface area contributed by atoms with Gasteiger partial charge in [0.05, 0.1) is 31.0 Å². The fourth-order valence-corrected chi connectivity index (χ4v) is 2.82. The summed E-state index contributed by atoms with van der Waals surface area (Å²) in [5, 5.41) is 0. The zero-order valence-corrected chi connectivity index (χ0v) is 14.1. The van der Waals surface area contributed by atoms with E-state index in [2.05, 4.69) is 52.8 Å². The molecule has 2 aliphatic heterocycles. The van der Waals surface area contributed by atoms with Gasteiger partial charge in [-0.15, -0.1) is 0 Å². The van der Waals surface area contributed by atoms with Gasteiger partial charge in [-0.25, -0.2) is 0 Å². The number of rotatable bonds is 2. The lowest BCUT2D eigenvalue weighted by Crippen LogP contribution is -2.41. The molecule has 120 valence electrons. The average Bonchev–Trinajstić information content (AvgIpc) is 2.68. The maximum atomic E-state index is 6.15. The van der Waals surface area contributed by atoms with Gasteiger partial charge in [-0.1, -0.05) is 23.8 Å². The molecule has 3 rings (SSSR count). The van der Waals surface area contributed by atoms with Gasteiger partial charge in [-0.2, -0.15) is 0 Å². The Labute approximate surface area is 133 Å². The van der Waals surface area contributed by atoms with Gasteiger partial charge in [-0.05, 0) is 45.6 Å². The van der Waals surface area contributed by atoms with Crippen LogP contribution < -0.4 is 5.46 Å². The third-order valence-electron chi connectivity index (χ3n) is 4.84. The molecule has 1 aromatic rings. The maximum Gasteiger partial charge on any atom is 0.494 e. The second-order valence-corrected chi connectivity index (χ2v) is 7.20. The summed E-state index contributed by atoms with van der Waals surface area (Å²) < 4.78 is 23.6. The second-order valence-electron chi connectivity index (χ2n) is 7.20. The van der Waals surface area contributed by atoms with Crippen LogP contribution in [0.15, 0.2) is 18.2 Å². The van der Waals surface area contributed by atoms with Crippen molar-refractivity contribution in [3.8, 4) is 0 Å². The van der Waals surface area contributed by atoms with Gasteiger partial charge in [0, 0.05) is 0 Å². The highest BCUT2D eigenvalue weighted by Gasteiger charge is 2.51. The van der Waals surface area contributed by atoms with Crippen LogP contribution in [0.3, 0.4) is 0 Å². The van der Waals surface area contributed by atoms with Crippen LogP contribution in [-0.4, -0.2) is 38.1 Å². The van der Waals surface area contributed by atoms with Gasteiger partial charge in [0.15, 0.2) is 0 Å². The molecule has 5 heteroatoms. The quantitative estimate of drug-likeness (QED) is 0.786.